The zero-order chi connectivity index (χ0) is 15.8. The lowest BCUT2D eigenvalue weighted by molar-refractivity contribution is -0.138. The van der Waals surface area contributed by atoms with Gasteiger partial charge >= 0.3 is 5.97 Å². The van der Waals surface area contributed by atoms with Crippen molar-refractivity contribution in [1.29, 1.82) is 0 Å². The molecule has 0 amide bonds. The maximum absolute atomic E-state index is 11.7. The summed E-state index contributed by atoms with van der Waals surface area (Å²) in [6.45, 7) is 12.5. The molecular weight excluding hydrogens is 262 g/mol. The van der Waals surface area contributed by atoms with E-state index >= 15 is 0 Å². The highest BCUT2D eigenvalue weighted by molar-refractivity contribution is 5.88. The first-order valence-electron chi connectivity index (χ1n) is 7.23. The topological polar surface area (TPSA) is 29.5 Å². The monoisotopic (exact) mass is 287 g/mol. The lowest BCUT2D eigenvalue weighted by atomic mass is 9.93. The minimum absolute atomic E-state index is 0.148. The van der Waals surface area contributed by atoms with E-state index in [4.69, 9.17) is 4.74 Å². The van der Waals surface area contributed by atoms with Gasteiger partial charge in [0.05, 0.1) is 6.61 Å². The lowest BCUT2D eigenvalue weighted by Crippen LogP contribution is -2.32. The maximum atomic E-state index is 11.7. The first-order valence-corrected chi connectivity index (χ1v) is 7.23. The number of nitrogens with zero attached hydrogens (tertiary/aromatic N) is 1. The Labute approximate surface area is 127 Å². The molecule has 1 aromatic carbocycles. The average Bonchev–Trinajstić information content (AvgIpc) is 2.48. The van der Waals surface area contributed by atoms with Gasteiger partial charge in [-0.25, -0.2) is 4.79 Å². The number of carbonyl (C=O) groups is 1. The minimum Gasteiger partial charge on any atom is -0.463 e. The van der Waals surface area contributed by atoms with Gasteiger partial charge in [0.15, 0.2) is 0 Å². The van der Waals surface area contributed by atoms with Gasteiger partial charge in [-0.3, -0.25) is 4.90 Å². The van der Waals surface area contributed by atoms with E-state index in [-0.39, 0.29) is 17.9 Å². The quantitative estimate of drug-likeness (QED) is 0.415. The van der Waals surface area contributed by atoms with Crippen LogP contribution in [0.3, 0.4) is 0 Å². The van der Waals surface area contributed by atoms with Gasteiger partial charge in [-0.1, -0.05) is 49.9 Å². The Morgan fingerprint density at radius 1 is 1.38 bits per heavy atom. The number of benzene rings is 1. The molecule has 3 nitrogen and oxygen atoms in total. The number of esters is 1. The lowest BCUT2D eigenvalue weighted by Gasteiger charge is -2.32. The molecule has 0 aliphatic carbocycles. The highest BCUT2D eigenvalue weighted by Gasteiger charge is 2.23. The smallest absolute Gasteiger partial charge is 0.334 e. The van der Waals surface area contributed by atoms with Gasteiger partial charge in [0, 0.05) is 18.2 Å². The van der Waals surface area contributed by atoms with Crippen molar-refractivity contribution in [3.8, 4) is 0 Å². The number of carbonyl (C=O) groups excluding carboxylic acids is 1. The van der Waals surface area contributed by atoms with Crippen molar-refractivity contribution in [2.75, 3.05) is 20.2 Å². The summed E-state index contributed by atoms with van der Waals surface area (Å²) in [6.07, 6.45) is 1.93. The standard InChI is InChI=1S/C18H25NO2/c1-6-14(3)17(16-11-9-8-10-12-16)19(5)13-15(4)18(20)21-7-2/h6,8-12,14,17H,1,4,7,13H2,2-3,5H3/t14-,17+/m1/s1. The van der Waals surface area contributed by atoms with E-state index in [1.807, 2.05) is 31.3 Å². The Hall–Kier alpha value is -1.87. The SMILES string of the molecule is C=C[C@@H](C)[C@@H](c1ccccc1)N(C)CC(=C)C(=O)OCC. The summed E-state index contributed by atoms with van der Waals surface area (Å²) >= 11 is 0. The fourth-order valence-electron chi connectivity index (χ4n) is 2.44. The Balaban J connectivity index is 2.87. The number of rotatable bonds is 8. The summed E-state index contributed by atoms with van der Waals surface area (Å²) in [6, 6.07) is 10.4. The average molecular weight is 287 g/mol. The Morgan fingerprint density at radius 2 is 2.00 bits per heavy atom. The van der Waals surface area contributed by atoms with Gasteiger partial charge in [-0.05, 0) is 25.5 Å². The van der Waals surface area contributed by atoms with Crippen LogP contribution in [0.4, 0.5) is 0 Å². The van der Waals surface area contributed by atoms with Gasteiger partial charge in [0.1, 0.15) is 0 Å². The predicted octanol–water partition coefficient (Wildman–Crippen LogP) is 3.60. The first kappa shape index (κ1) is 17.2. The van der Waals surface area contributed by atoms with Crippen LogP contribution in [0.5, 0.6) is 0 Å². The number of ether oxygens (including phenoxy) is 1. The summed E-state index contributed by atoms with van der Waals surface area (Å²) in [7, 11) is 1.99. The van der Waals surface area contributed by atoms with Crippen LogP contribution in [0.2, 0.25) is 0 Å². The van der Waals surface area contributed by atoms with Crippen LogP contribution in [0.1, 0.15) is 25.5 Å². The van der Waals surface area contributed by atoms with E-state index < -0.39 is 0 Å². The molecule has 0 bridgehead atoms. The maximum Gasteiger partial charge on any atom is 0.334 e. The van der Waals surface area contributed by atoms with Crippen molar-refractivity contribution in [2.45, 2.75) is 19.9 Å². The van der Waals surface area contributed by atoms with Crippen molar-refractivity contribution < 1.29 is 9.53 Å². The van der Waals surface area contributed by atoms with E-state index in [9.17, 15) is 4.79 Å². The van der Waals surface area contributed by atoms with Gasteiger partial charge in [0.2, 0.25) is 0 Å². The second-order valence-corrected chi connectivity index (χ2v) is 5.19. The molecule has 114 valence electrons. The van der Waals surface area contributed by atoms with Crippen molar-refractivity contribution in [3.05, 3.63) is 60.7 Å². The molecule has 0 aromatic heterocycles. The molecule has 1 aromatic rings. The van der Waals surface area contributed by atoms with Crippen molar-refractivity contribution in [3.63, 3.8) is 0 Å². The van der Waals surface area contributed by atoms with E-state index in [1.54, 1.807) is 6.92 Å². The molecule has 0 saturated carbocycles. The second-order valence-electron chi connectivity index (χ2n) is 5.19. The third-order valence-electron chi connectivity index (χ3n) is 3.49. The summed E-state index contributed by atoms with van der Waals surface area (Å²) in [5.74, 6) is -0.0742. The molecule has 0 aliphatic heterocycles. The van der Waals surface area contributed by atoms with E-state index in [2.05, 4.69) is 37.1 Å². The molecule has 2 atom stereocenters. The zero-order valence-electron chi connectivity index (χ0n) is 13.2. The summed E-state index contributed by atoms with van der Waals surface area (Å²) in [4.78, 5) is 13.8. The minimum atomic E-state index is -0.331. The largest absolute Gasteiger partial charge is 0.463 e. The van der Waals surface area contributed by atoms with Crippen LogP contribution in [0.15, 0.2) is 55.1 Å². The van der Waals surface area contributed by atoms with Crippen LogP contribution in [-0.4, -0.2) is 31.1 Å². The Morgan fingerprint density at radius 3 is 2.52 bits per heavy atom. The second kappa shape index (κ2) is 8.42. The zero-order valence-corrected chi connectivity index (χ0v) is 13.2. The van der Waals surface area contributed by atoms with Crippen LogP contribution in [0, 0.1) is 5.92 Å². The van der Waals surface area contributed by atoms with Crippen molar-refractivity contribution >= 4 is 5.97 Å². The van der Waals surface area contributed by atoms with E-state index in [0.29, 0.717) is 18.7 Å². The molecule has 0 saturated heterocycles. The predicted molar refractivity (Wildman–Crippen MR) is 86.9 cm³/mol. The van der Waals surface area contributed by atoms with Crippen LogP contribution in [-0.2, 0) is 9.53 Å². The van der Waals surface area contributed by atoms with Gasteiger partial charge in [0.25, 0.3) is 0 Å². The highest BCUT2D eigenvalue weighted by Crippen LogP contribution is 2.28. The Kier molecular flexibility index (Phi) is 6.89. The van der Waals surface area contributed by atoms with Gasteiger partial charge in [-0.15, -0.1) is 6.58 Å². The normalized spacial score (nSPS) is 13.5. The van der Waals surface area contributed by atoms with Gasteiger partial charge in [-0.2, -0.15) is 0 Å². The summed E-state index contributed by atoms with van der Waals surface area (Å²) in [5.41, 5.74) is 1.67. The first-order chi connectivity index (χ1) is 10.0. The molecular formula is C18H25NO2. The summed E-state index contributed by atoms with van der Waals surface area (Å²) < 4.78 is 4.99. The van der Waals surface area contributed by atoms with E-state index in [1.165, 1.54) is 5.56 Å². The third kappa shape index (κ3) is 4.87. The number of likely N-dealkylation sites (N-methyl/N-ethyl adjacent to an activating group) is 1. The molecule has 0 radical (unpaired) electrons. The molecule has 0 aliphatic rings. The van der Waals surface area contributed by atoms with Crippen LogP contribution >= 0.6 is 0 Å². The fourth-order valence-corrected chi connectivity index (χ4v) is 2.44. The summed E-state index contributed by atoms with van der Waals surface area (Å²) in [5, 5.41) is 0. The fraction of sp³-hybridized carbons (Fsp3) is 0.389. The van der Waals surface area contributed by atoms with E-state index in [0.717, 1.165) is 0 Å². The third-order valence-corrected chi connectivity index (χ3v) is 3.49. The van der Waals surface area contributed by atoms with Crippen molar-refractivity contribution in [1.82, 2.24) is 4.90 Å². The van der Waals surface area contributed by atoms with Crippen LogP contribution < -0.4 is 0 Å². The van der Waals surface area contributed by atoms with Crippen molar-refractivity contribution in [2.24, 2.45) is 5.92 Å². The molecule has 1 rings (SSSR count). The molecule has 3 heteroatoms. The molecule has 0 unspecified atom stereocenters. The molecule has 0 spiro atoms. The van der Waals surface area contributed by atoms with Crippen LogP contribution in [0.25, 0.3) is 0 Å². The number of hydrogen-bond donors (Lipinski definition) is 0. The molecule has 21 heavy (non-hydrogen) atoms. The molecule has 0 fully saturated rings. The molecule has 0 heterocycles. The van der Waals surface area contributed by atoms with Gasteiger partial charge < -0.3 is 4.74 Å². The highest BCUT2D eigenvalue weighted by atomic mass is 16.5. The molecule has 0 N–H and O–H groups in total. The number of hydrogen-bond acceptors (Lipinski definition) is 3. The Bertz CT molecular complexity index is 481.